The Morgan fingerprint density at radius 3 is 1.68 bits per heavy atom. The van der Waals surface area contributed by atoms with Crippen LogP contribution >= 0.6 is 0 Å². The van der Waals surface area contributed by atoms with Gasteiger partial charge in [-0.2, -0.15) is 0 Å². The fourth-order valence-corrected chi connectivity index (χ4v) is 6.91. The predicted molar refractivity (Wildman–Crippen MR) is 219 cm³/mol. The first-order chi connectivity index (χ1) is 27.1. The number of hydrogen-bond acceptors (Lipinski definition) is 8. The number of carbonyl (C=O) groups excluding carboxylic acids is 2. The minimum atomic E-state index is -0.841. The summed E-state index contributed by atoms with van der Waals surface area (Å²) in [7, 11) is 0. The predicted octanol–water partition coefficient (Wildman–Crippen LogP) is 9.93. The highest BCUT2D eigenvalue weighted by molar-refractivity contribution is 6.04. The van der Waals surface area contributed by atoms with Crippen molar-refractivity contribution in [2.45, 2.75) is 68.6 Å². The van der Waals surface area contributed by atoms with Gasteiger partial charge in [0, 0.05) is 22.8 Å². The van der Waals surface area contributed by atoms with Gasteiger partial charge in [-0.25, -0.2) is 0 Å². The van der Waals surface area contributed by atoms with Crippen molar-refractivity contribution in [1.29, 1.82) is 0 Å². The standard InChI is InChI=1S/C46H45N3O8/c1-25-17-26(2)30(6)38(29(25)5)22-55-36-13-9-11-33(19-36)40-24-57-44(46(52)48-47-45(51)35-15-16-42(50)41(21-35)49(53)54)43(40)34-12-10-14-37(20-34)56-23-39-31(7)27(3)18-28(4)32(39)8/h9-21,24,50H,22-23H2,1-8H3,(H,47,51)(H,48,52). The fraction of sp³-hybridized carbons (Fsp3) is 0.217. The molecule has 0 aliphatic heterocycles. The van der Waals surface area contributed by atoms with Crippen LogP contribution in [0.4, 0.5) is 5.69 Å². The number of amides is 2. The molecule has 6 rings (SSSR count). The van der Waals surface area contributed by atoms with Gasteiger partial charge in [0.25, 0.3) is 5.91 Å². The smallest absolute Gasteiger partial charge is 0.311 e. The highest BCUT2D eigenvalue weighted by atomic mass is 16.6. The lowest BCUT2D eigenvalue weighted by atomic mass is 9.94. The van der Waals surface area contributed by atoms with E-state index in [0.717, 1.165) is 23.3 Å². The fourth-order valence-electron chi connectivity index (χ4n) is 6.91. The molecule has 0 fully saturated rings. The lowest BCUT2D eigenvalue weighted by Crippen LogP contribution is -2.41. The van der Waals surface area contributed by atoms with Gasteiger partial charge >= 0.3 is 11.6 Å². The molecule has 6 aromatic rings. The van der Waals surface area contributed by atoms with E-state index >= 15 is 0 Å². The van der Waals surface area contributed by atoms with E-state index < -0.39 is 28.2 Å². The van der Waals surface area contributed by atoms with Crippen molar-refractivity contribution in [3.8, 4) is 39.5 Å². The number of rotatable bonds is 11. The Morgan fingerprint density at radius 1 is 0.667 bits per heavy atom. The molecule has 0 aliphatic rings. The third kappa shape index (κ3) is 8.37. The summed E-state index contributed by atoms with van der Waals surface area (Å²) in [6, 6.07) is 22.4. The molecular formula is C46H45N3O8. The van der Waals surface area contributed by atoms with E-state index in [2.05, 4.69) is 78.4 Å². The van der Waals surface area contributed by atoms with Crippen LogP contribution in [0, 0.1) is 65.5 Å². The van der Waals surface area contributed by atoms with Crippen molar-refractivity contribution in [2.24, 2.45) is 0 Å². The van der Waals surface area contributed by atoms with Gasteiger partial charge in [-0.1, -0.05) is 36.4 Å². The summed E-state index contributed by atoms with van der Waals surface area (Å²) in [5, 5.41) is 21.1. The summed E-state index contributed by atoms with van der Waals surface area (Å²) in [6.45, 7) is 17.4. The van der Waals surface area contributed by atoms with Crippen molar-refractivity contribution in [3.05, 3.63) is 162 Å². The summed E-state index contributed by atoms with van der Waals surface area (Å²) < 4.78 is 18.7. The second-order valence-corrected chi connectivity index (χ2v) is 14.3. The second-order valence-electron chi connectivity index (χ2n) is 14.3. The van der Waals surface area contributed by atoms with Gasteiger partial charge < -0.3 is 19.0 Å². The zero-order valence-corrected chi connectivity index (χ0v) is 33.2. The Hall–Kier alpha value is -6.88. The average molecular weight is 768 g/mol. The van der Waals surface area contributed by atoms with Gasteiger partial charge in [0.15, 0.2) is 5.75 Å². The third-order valence-corrected chi connectivity index (χ3v) is 10.8. The number of nitrogens with one attached hydrogen (secondary N) is 2. The number of benzene rings is 5. The first-order valence-corrected chi connectivity index (χ1v) is 18.4. The largest absolute Gasteiger partial charge is 0.502 e. The summed E-state index contributed by atoms with van der Waals surface area (Å²) in [5.41, 5.74) is 17.9. The van der Waals surface area contributed by atoms with Crippen molar-refractivity contribution >= 4 is 17.5 Å². The molecule has 1 aromatic heterocycles. The molecule has 0 saturated heterocycles. The maximum absolute atomic E-state index is 13.8. The maximum Gasteiger partial charge on any atom is 0.311 e. The third-order valence-electron chi connectivity index (χ3n) is 10.8. The highest BCUT2D eigenvalue weighted by Crippen LogP contribution is 2.39. The van der Waals surface area contributed by atoms with E-state index in [4.69, 9.17) is 13.9 Å². The normalized spacial score (nSPS) is 10.9. The van der Waals surface area contributed by atoms with Crippen LogP contribution < -0.4 is 20.3 Å². The molecule has 0 spiro atoms. The number of nitro benzene ring substituents is 1. The quantitative estimate of drug-likeness (QED) is 0.0870. The molecule has 57 heavy (non-hydrogen) atoms. The molecule has 5 aromatic carbocycles. The van der Waals surface area contributed by atoms with Crippen LogP contribution in [0.1, 0.15) is 76.5 Å². The number of aryl methyl sites for hydroxylation is 4. The minimum absolute atomic E-state index is 0.104. The second kappa shape index (κ2) is 16.5. The number of ether oxygens (including phenoxy) is 2. The molecule has 0 unspecified atom stereocenters. The monoisotopic (exact) mass is 767 g/mol. The van der Waals surface area contributed by atoms with Gasteiger partial charge in [-0.3, -0.25) is 30.6 Å². The maximum atomic E-state index is 13.8. The molecule has 0 atom stereocenters. The zero-order valence-electron chi connectivity index (χ0n) is 33.2. The van der Waals surface area contributed by atoms with E-state index in [0.29, 0.717) is 47.0 Å². The number of hydrazine groups is 1. The van der Waals surface area contributed by atoms with Gasteiger partial charge in [-0.05, 0) is 159 Å². The molecule has 11 heteroatoms. The summed E-state index contributed by atoms with van der Waals surface area (Å²) >= 11 is 0. The number of phenols is 1. The number of nitrogens with zero attached hydrogens (tertiary/aromatic N) is 1. The van der Waals surface area contributed by atoms with Crippen LogP contribution in [0.2, 0.25) is 0 Å². The lowest BCUT2D eigenvalue weighted by molar-refractivity contribution is -0.385. The molecule has 0 radical (unpaired) electrons. The minimum Gasteiger partial charge on any atom is -0.502 e. The van der Waals surface area contributed by atoms with E-state index in [1.54, 1.807) is 0 Å². The topological polar surface area (TPSA) is 153 Å². The Balaban J connectivity index is 1.34. The average Bonchev–Trinajstić information content (AvgIpc) is 3.64. The van der Waals surface area contributed by atoms with Gasteiger partial charge in [-0.15, -0.1) is 0 Å². The van der Waals surface area contributed by atoms with Gasteiger partial charge in [0.1, 0.15) is 24.7 Å². The first-order valence-electron chi connectivity index (χ1n) is 18.4. The Bertz CT molecular complexity index is 2500. The van der Waals surface area contributed by atoms with E-state index in [1.807, 2.05) is 48.5 Å². The molecule has 0 saturated carbocycles. The van der Waals surface area contributed by atoms with Crippen molar-refractivity contribution < 1.29 is 33.5 Å². The highest BCUT2D eigenvalue weighted by Gasteiger charge is 2.25. The summed E-state index contributed by atoms with van der Waals surface area (Å²) in [6.07, 6.45) is 1.47. The van der Waals surface area contributed by atoms with Crippen molar-refractivity contribution in [3.63, 3.8) is 0 Å². The summed E-state index contributed by atoms with van der Waals surface area (Å²) in [5.74, 6) is -1.13. The van der Waals surface area contributed by atoms with Crippen LogP contribution in [-0.4, -0.2) is 21.8 Å². The molecule has 3 N–H and O–H groups in total. The van der Waals surface area contributed by atoms with E-state index in [1.165, 1.54) is 56.8 Å². The Labute approximate surface area is 331 Å². The first kappa shape index (κ1) is 39.8. The number of hydrogen-bond donors (Lipinski definition) is 3. The Kier molecular flexibility index (Phi) is 11.5. The number of furan rings is 1. The van der Waals surface area contributed by atoms with Crippen LogP contribution in [0.15, 0.2) is 89.5 Å². The number of carbonyl (C=O) groups is 2. The molecule has 1 heterocycles. The van der Waals surface area contributed by atoms with E-state index in [9.17, 15) is 24.8 Å². The van der Waals surface area contributed by atoms with Crippen molar-refractivity contribution in [1.82, 2.24) is 10.9 Å². The van der Waals surface area contributed by atoms with Crippen LogP contribution in [0.5, 0.6) is 17.2 Å². The number of aromatic hydroxyl groups is 1. The SMILES string of the molecule is Cc1cc(C)c(C)c(COc2cccc(-c3coc(C(=O)NNC(=O)c4ccc(O)c([N+](=O)[O-])c4)c3-c3cccc(OCc4c(C)c(C)cc(C)c4C)c3)c2)c1C. The molecular weight excluding hydrogens is 723 g/mol. The van der Waals surface area contributed by atoms with Gasteiger partial charge in [0.2, 0.25) is 5.76 Å². The number of nitro groups is 1. The molecule has 292 valence electrons. The molecule has 11 nitrogen and oxygen atoms in total. The summed E-state index contributed by atoms with van der Waals surface area (Å²) in [4.78, 5) is 37.3. The zero-order chi connectivity index (χ0) is 41.1. The number of phenolic OH excluding ortho intramolecular Hbond substituents is 1. The van der Waals surface area contributed by atoms with E-state index in [-0.39, 0.29) is 11.3 Å². The lowest BCUT2D eigenvalue weighted by Gasteiger charge is -2.17. The Morgan fingerprint density at radius 2 is 1.16 bits per heavy atom. The molecule has 2 amide bonds. The van der Waals surface area contributed by atoms with Crippen LogP contribution in [-0.2, 0) is 13.2 Å². The molecule has 0 bridgehead atoms. The van der Waals surface area contributed by atoms with Crippen molar-refractivity contribution in [2.75, 3.05) is 0 Å². The van der Waals surface area contributed by atoms with Crippen LogP contribution in [0.3, 0.4) is 0 Å². The van der Waals surface area contributed by atoms with Crippen LogP contribution in [0.25, 0.3) is 22.3 Å². The van der Waals surface area contributed by atoms with Gasteiger partial charge in [0.05, 0.1) is 11.2 Å². The molecule has 0 aliphatic carbocycles.